The molecule has 5 rings (SSSR count). The number of carbonyl (C=O) groups excluding carboxylic acids is 1. The van der Waals surface area contributed by atoms with Gasteiger partial charge >= 0.3 is 0 Å². The van der Waals surface area contributed by atoms with Crippen molar-refractivity contribution in [2.75, 3.05) is 6.54 Å². The van der Waals surface area contributed by atoms with Gasteiger partial charge in [0.1, 0.15) is 5.65 Å². The molecule has 2 aromatic carbocycles. The number of pyridine rings is 1. The number of imidazole rings is 1. The van der Waals surface area contributed by atoms with E-state index in [9.17, 15) is 13.2 Å². The highest BCUT2D eigenvalue weighted by Gasteiger charge is 2.40. The van der Waals surface area contributed by atoms with Crippen molar-refractivity contribution in [2.45, 2.75) is 30.3 Å². The Bertz CT molecular complexity index is 1390. The minimum atomic E-state index is -3.77. The quantitative estimate of drug-likeness (QED) is 0.461. The van der Waals surface area contributed by atoms with E-state index in [2.05, 4.69) is 10.3 Å². The molecule has 0 spiro atoms. The maximum atomic E-state index is 13.6. The van der Waals surface area contributed by atoms with Gasteiger partial charge in [-0.15, -0.1) is 0 Å². The summed E-state index contributed by atoms with van der Waals surface area (Å²) in [7, 11) is -3.77. The molecule has 2 unspecified atom stereocenters. The van der Waals surface area contributed by atoms with E-state index < -0.39 is 15.9 Å². The topological polar surface area (TPSA) is 83.8 Å². The second kappa shape index (κ2) is 9.40. The van der Waals surface area contributed by atoms with Crippen molar-refractivity contribution >= 4 is 21.6 Å². The van der Waals surface area contributed by atoms with E-state index in [1.807, 2.05) is 59.1 Å². The summed E-state index contributed by atoms with van der Waals surface area (Å²) in [6.45, 7) is 0.462. The number of amides is 1. The average Bonchev–Trinajstić information content (AvgIpc) is 3.31. The molecule has 7 nitrogen and oxygen atoms in total. The second-order valence-electron chi connectivity index (χ2n) is 8.48. The fraction of sp³-hybridized carbons (Fsp3) is 0.231. The molecule has 3 heterocycles. The Kier molecular flexibility index (Phi) is 6.17. The first kappa shape index (κ1) is 22.3. The van der Waals surface area contributed by atoms with Gasteiger partial charge in [0.25, 0.3) is 0 Å². The van der Waals surface area contributed by atoms with Crippen molar-refractivity contribution in [3.63, 3.8) is 0 Å². The molecule has 2 atom stereocenters. The van der Waals surface area contributed by atoms with Crippen LogP contribution in [0, 0.1) is 5.92 Å². The van der Waals surface area contributed by atoms with E-state index in [4.69, 9.17) is 0 Å². The second-order valence-corrected chi connectivity index (χ2v) is 10.4. The smallest absolute Gasteiger partial charge is 0.243 e. The molecule has 1 N–H and O–H groups in total. The summed E-state index contributed by atoms with van der Waals surface area (Å²) in [6, 6.07) is 23.5. The molecule has 1 saturated heterocycles. The highest BCUT2D eigenvalue weighted by Crippen LogP contribution is 2.37. The largest absolute Gasteiger partial charge is 0.350 e. The molecule has 2 aromatic heterocycles. The predicted molar refractivity (Wildman–Crippen MR) is 129 cm³/mol. The Morgan fingerprint density at radius 1 is 0.941 bits per heavy atom. The van der Waals surface area contributed by atoms with Gasteiger partial charge in [0.2, 0.25) is 15.9 Å². The molecule has 1 aliphatic rings. The molecule has 4 aromatic rings. The van der Waals surface area contributed by atoms with Crippen LogP contribution in [0.3, 0.4) is 0 Å². The van der Waals surface area contributed by atoms with Crippen molar-refractivity contribution in [1.82, 2.24) is 19.0 Å². The summed E-state index contributed by atoms with van der Waals surface area (Å²) >= 11 is 0. The monoisotopic (exact) mass is 474 g/mol. The lowest BCUT2D eigenvalue weighted by Gasteiger charge is -2.38. The number of piperidine rings is 1. The van der Waals surface area contributed by atoms with Crippen LogP contribution in [0.2, 0.25) is 0 Å². The number of aromatic nitrogens is 2. The van der Waals surface area contributed by atoms with Gasteiger partial charge in [0.15, 0.2) is 0 Å². The molecule has 0 saturated carbocycles. The molecule has 0 radical (unpaired) electrons. The third kappa shape index (κ3) is 4.34. The molecular formula is C26H26N4O3S. The third-order valence-electron chi connectivity index (χ3n) is 6.38. The number of hydrogen-bond donors (Lipinski definition) is 1. The van der Waals surface area contributed by atoms with Crippen molar-refractivity contribution in [3.8, 4) is 0 Å². The van der Waals surface area contributed by atoms with Gasteiger partial charge in [0.05, 0.1) is 35.3 Å². The summed E-state index contributed by atoms with van der Waals surface area (Å²) in [5.74, 6) is -0.580. The van der Waals surface area contributed by atoms with Crippen LogP contribution in [-0.2, 0) is 21.4 Å². The highest BCUT2D eigenvalue weighted by atomic mass is 32.2. The van der Waals surface area contributed by atoms with Crippen molar-refractivity contribution in [1.29, 1.82) is 0 Å². The first-order valence-corrected chi connectivity index (χ1v) is 12.8. The van der Waals surface area contributed by atoms with Gasteiger partial charge in [0, 0.05) is 12.7 Å². The summed E-state index contributed by atoms with van der Waals surface area (Å²) in [4.78, 5) is 17.7. The van der Waals surface area contributed by atoms with Crippen LogP contribution in [0.25, 0.3) is 5.65 Å². The van der Waals surface area contributed by atoms with E-state index in [1.54, 1.807) is 36.5 Å². The Labute approximate surface area is 199 Å². The number of hydrogen-bond acceptors (Lipinski definition) is 4. The number of sulfonamides is 1. The van der Waals surface area contributed by atoms with Crippen LogP contribution >= 0.6 is 0 Å². The van der Waals surface area contributed by atoms with Crippen molar-refractivity contribution in [2.24, 2.45) is 5.92 Å². The lowest BCUT2D eigenvalue weighted by Crippen LogP contribution is -2.46. The minimum absolute atomic E-state index is 0.135. The molecular weight excluding hydrogens is 448 g/mol. The maximum absolute atomic E-state index is 13.6. The number of nitrogens with one attached hydrogen (secondary N) is 1. The Hall–Kier alpha value is -3.49. The van der Waals surface area contributed by atoms with Crippen LogP contribution in [0.5, 0.6) is 0 Å². The fourth-order valence-electron chi connectivity index (χ4n) is 4.59. The van der Waals surface area contributed by atoms with Crippen LogP contribution in [0.1, 0.15) is 30.1 Å². The Morgan fingerprint density at radius 3 is 2.41 bits per heavy atom. The van der Waals surface area contributed by atoms with E-state index in [-0.39, 0.29) is 23.4 Å². The number of carbonyl (C=O) groups is 1. The summed E-state index contributed by atoms with van der Waals surface area (Å²) in [6.07, 6.45) is 4.83. The zero-order valence-corrected chi connectivity index (χ0v) is 19.4. The van der Waals surface area contributed by atoms with Crippen molar-refractivity contribution < 1.29 is 13.2 Å². The van der Waals surface area contributed by atoms with Crippen LogP contribution in [-0.4, -0.2) is 34.6 Å². The number of benzene rings is 2. The molecule has 0 aliphatic carbocycles. The summed E-state index contributed by atoms with van der Waals surface area (Å²) < 4.78 is 30.7. The van der Waals surface area contributed by atoms with Crippen LogP contribution < -0.4 is 5.32 Å². The van der Waals surface area contributed by atoms with Gasteiger partial charge in [-0.05, 0) is 42.7 Å². The van der Waals surface area contributed by atoms with Gasteiger partial charge in [-0.2, -0.15) is 4.31 Å². The van der Waals surface area contributed by atoms with Gasteiger partial charge < -0.3 is 9.72 Å². The first-order chi connectivity index (χ1) is 16.5. The van der Waals surface area contributed by atoms with Gasteiger partial charge in [-0.3, -0.25) is 4.79 Å². The maximum Gasteiger partial charge on any atom is 0.243 e. The number of fused-ring (bicyclic) bond motifs is 1. The number of rotatable bonds is 6. The molecule has 1 amide bonds. The Balaban J connectivity index is 1.37. The molecule has 0 bridgehead atoms. The standard InChI is InChI=1S/C26H26N4O3S/c31-26(28-18-22-17-27-25-13-7-8-16-29(22)25)21-14-15-24(20-9-3-1-4-10-20)30(19-21)34(32,33)23-11-5-2-6-12-23/h1-13,16-17,21,24H,14-15,18-19H2,(H,28,31). The average molecular weight is 475 g/mol. The molecule has 1 fully saturated rings. The van der Waals surface area contributed by atoms with Crippen molar-refractivity contribution in [3.05, 3.63) is 103 Å². The summed E-state index contributed by atoms with van der Waals surface area (Å²) in [5, 5.41) is 2.99. The Morgan fingerprint density at radius 2 is 1.65 bits per heavy atom. The van der Waals surface area contributed by atoms with Gasteiger partial charge in [-0.1, -0.05) is 54.6 Å². The van der Waals surface area contributed by atoms with E-state index in [1.165, 1.54) is 4.31 Å². The highest BCUT2D eigenvalue weighted by molar-refractivity contribution is 7.89. The number of nitrogens with zero attached hydrogens (tertiary/aromatic N) is 3. The minimum Gasteiger partial charge on any atom is -0.350 e. The lowest BCUT2D eigenvalue weighted by atomic mass is 9.90. The molecule has 34 heavy (non-hydrogen) atoms. The zero-order chi connectivity index (χ0) is 23.5. The van der Waals surface area contributed by atoms with Crippen LogP contribution in [0.15, 0.2) is 96.2 Å². The molecule has 174 valence electrons. The predicted octanol–water partition coefficient (Wildman–Crippen LogP) is 3.79. The SMILES string of the molecule is O=C(NCc1cnc2ccccn12)C1CCC(c2ccccc2)N(S(=O)(=O)c2ccccc2)C1. The molecule has 1 aliphatic heterocycles. The first-order valence-electron chi connectivity index (χ1n) is 11.3. The fourth-order valence-corrected chi connectivity index (χ4v) is 6.30. The third-order valence-corrected chi connectivity index (χ3v) is 8.27. The molecule has 8 heteroatoms. The zero-order valence-electron chi connectivity index (χ0n) is 18.6. The summed E-state index contributed by atoms with van der Waals surface area (Å²) in [5.41, 5.74) is 2.62. The van der Waals surface area contributed by atoms with E-state index >= 15 is 0 Å². The lowest BCUT2D eigenvalue weighted by molar-refractivity contribution is -0.126. The normalized spacial score (nSPS) is 19.2. The van der Waals surface area contributed by atoms with E-state index in [0.29, 0.717) is 19.4 Å². The van der Waals surface area contributed by atoms with E-state index in [0.717, 1.165) is 16.9 Å². The van der Waals surface area contributed by atoms with Gasteiger partial charge in [-0.25, -0.2) is 13.4 Å². The van der Waals surface area contributed by atoms with Crippen LogP contribution in [0.4, 0.5) is 0 Å².